The lowest BCUT2D eigenvalue weighted by Crippen LogP contribution is -2.29. The summed E-state index contributed by atoms with van der Waals surface area (Å²) in [5.41, 5.74) is 4.20. The number of ether oxygens (including phenoxy) is 2. The Bertz CT molecular complexity index is 1160. The van der Waals surface area contributed by atoms with Crippen LogP contribution in [0, 0.1) is 0 Å². The van der Waals surface area contributed by atoms with Gasteiger partial charge in [0.25, 0.3) is 0 Å². The maximum atomic E-state index is 12.5. The van der Waals surface area contributed by atoms with Gasteiger partial charge < -0.3 is 20.1 Å². The maximum absolute atomic E-state index is 12.5. The van der Waals surface area contributed by atoms with Crippen molar-refractivity contribution in [2.45, 2.75) is 115 Å². The van der Waals surface area contributed by atoms with Crippen molar-refractivity contribution in [3.05, 3.63) is 47.0 Å². The molecular formula is C32H42N2O4. The first kappa shape index (κ1) is 26.6. The maximum Gasteiger partial charge on any atom is 0.224 e. The van der Waals surface area contributed by atoms with Gasteiger partial charge in [0.05, 0.1) is 17.6 Å². The highest BCUT2D eigenvalue weighted by Gasteiger charge is 2.59. The highest BCUT2D eigenvalue weighted by molar-refractivity contribution is 5.95. The van der Waals surface area contributed by atoms with Crippen LogP contribution in [-0.2, 0) is 22.4 Å². The summed E-state index contributed by atoms with van der Waals surface area (Å²) in [6.45, 7) is 4.34. The molecule has 0 aromatic heterocycles. The van der Waals surface area contributed by atoms with E-state index in [1.165, 1.54) is 44.9 Å². The van der Waals surface area contributed by atoms with Gasteiger partial charge in [-0.05, 0) is 49.1 Å². The number of hydrogen-bond donors (Lipinski definition) is 2. The number of unbranched alkanes of at least 4 members (excludes halogenated alkanes) is 8. The lowest BCUT2D eigenvalue weighted by atomic mass is 9.96. The summed E-state index contributed by atoms with van der Waals surface area (Å²) in [6.07, 6.45) is 13.9. The van der Waals surface area contributed by atoms with E-state index >= 15 is 0 Å². The Morgan fingerprint density at radius 3 is 2.53 bits per heavy atom. The normalized spacial score (nSPS) is 20.6. The quantitative estimate of drug-likeness (QED) is 0.260. The van der Waals surface area contributed by atoms with E-state index in [0.29, 0.717) is 19.3 Å². The van der Waals surface area contributed by atoms with Crippen LogP contribution in [0.3, 0.4) is 0 Å². The Labute approximate surface area is 226 Å². The molecule has 0 saturated heterocycles. The fourth-order valence-corrected chi connectivity index (χ4v) is 5.97. The predicted octanol–water partition coefficient (Wildman–Crippen LogP) is 7.19. The van der Waals surface area contributed by atoms with Crippen molar-refractivity contribution in [1.82, 2.24) is 5.32 Å². The summed E-state index contributed by atoms with van der Waals surface area (Å²) in [5, 5.41) is 6.24. The average molecular weight is 519 g/mol. The lowest BCUT2D eigenvalue weighted by Gasteiger charge is -2.23. The molecule has 2 aromatic carbocycles. The molecule has 5 rings (SSSR count). The second-order valence-electron chi connectivity index (χ2n) is 11.1. The summed E-state index contributed by atoms with van der Waals surface area (Å²) in [5.74, 6) is 2.81. The zero-order valence-corrected chi connectivity index (χ0v) is 22.9. The highest BCUT2D eigenvalue weighted by atomic mass is 16.5. The molecule has 2 N–H and O–H groups in total. The number of hydrogen-bond acceptors (Lipinski definition) is 4. The fourth-order valence-electron chi connectivity index (χ4n) is 5.97. The highest BCUT2D eigenvalue weighted by Crippen LogP contribution is 2.54. The number of carbonyl (C=O) groups is 2. The van der Waals surface area contributed by atoms with Crippen molar-refractivity contribution < 1.29 is 19.1 Å². The molecule has 6 nitrogen and oxygen atoms in total. The standard InChI is InChI=1S/C32H42N2O4/c1-3-5-6-7-8-9-10-11-12-13-27(35)34-31-29-24-20-22(15-18-26(24)38-32(29)31)37-25-17-14-21(4-2)30-23(25)16-19-28(36)33-30/h14-15,17-18,20,29,31-32H,3-13,16,19H2,1-2H3,(H,33,36)(H,34,35). The number of fused-ring (bicyclic) bond motifs is 4. The molecule has 204 valence electrons. The van der Waals surface area contributed by atoms with E-state index in [2.05, 4.69) is 24.5 Å². The minimum absolute atomic E-state index is 0.0270. The molecule has 38 heavy (non-hydrogen) atoms. The summed E-state index contributed by atoms with van der Waals surface area (Å²) in [6, 6.07) is 10.0. The molecule has 2 amide bonds. The largest absolute Gasteiger partial charge is 0.487 e. The van der Waals surface area contributed by atoms with Gasteiger partial charge in [-0.15, -0.1) is 0 Å². The van der Waals surface area contributed by atoms with E-state index in [4.69, 9.17) is 9.47 Å². The number of anilines is 1. The zero-order valence-electron chi connectivity index (χ0n) is 22.9. The van der Waals surface area contributed by atoms with E-state index < -0.39 is 0 Å². The number of aryl methyl sites for hydroxylation is 1. The Hall–Kier alpha value is -3.02. The summed E-state index contributed by atoms with van der Waals surface area (Å²) in [4.78, 5) is 24.5. The molecule has 3 unspecified atom stereocenters. The molecule has 1 saturated carbocycles. The van der Waals surface area contributed by atoms with E-state index in [1.807, 2.05) is 30.3 Å². The molecule has 0 spiro atoms. The first-order valence-corrected chi connectivity index (χ1v) is 14.8. The Morgan fingerprint density at radius 2 is 1.76 bits per heavy atom. The number of carbonyl (C=O) groups excluding carboxylic acids is 2. The van der Waals surface area contributed by atoms with Crippen molar-refractivity contribution in [2.75, 3.05) is 5.32 Å². The SMILES string of the molecule is CCCCCCCCCCCC(=O)NC1C2Oc3ccc(Oc4ccc(CC)c5c4CCC(=O)N5)cc3C12. The topological polar surface area (TPSA) is 76.7 Å². The van der Waals surface area contributed by atoms with Crippen LogP contribution in [0.2, 0.25) is 0 Å². The van der Waals surface area contributed by atoms with Crippen LogP contribution >= 0.6 is 0 Å². The molecule has 0 radical (unpaired) electrons. The number of nitrogens with one attached hydrogen (secondary N) is 2. The first-order chi connectivity index (χ1) is 18.6. The predicted molar refractivity (Wildman–Crippen MR) is 150 cm³/mol. The molecule has 3 aliphatic rings. The molecule has 0 bridgehead atoms. The van der Waals surface area contributed by atoms with Crippen molar-refractivity contribution in [2.24, 2.45) is 0 Å². The minimum atomic E-state index is 0.0270. The second-order valence-corrected chi connectivity index (χ2v) is 11.1. The Kier molecular flexibility index (Phi) is 8.55. The third kappa shape index (κ3) is 6.00. The number of amides is 2. The summed E-state index contributed by atoms with van der Waals surface area (Å²) < 4.78 is 12.5. The van der Waals surface area contributed by atoms with E-state index in [-0.39, 0.29) is 29.9 Å². The van der Waals surface area contributed by atoms with Crippen LogP contribution in [0.4, 0.5) is 5.69 Å². The monoisotopic (exact) mass is 518 g/mol. The van der Waals surface area contributed by atoms with Gasteiger partial charge in [-0.25, -0.2) is 0 Å². The lowest BCUT2D eigenvalue weighted by molar-refractivity contribution is -0.121. The van der Waals surface area contributed by atoms with Gasteiger partial charge in [-0.2, -0.15) is 0 Å². The molecule has 3 atom stereocenters. The molecule has 6 heteroatoms. The van der Waals surface area contributed by atoms with Gasteiger partial charge in [0.15, 0.2) is 0 Å². The van der Waals surface area contributed by atoms with Crippen LogP contribution in [0.1, 0.15) is 107 Å². The zero-order chi connectivity index (χ0) is 26.5. The molecule has 1 fully saturated rings. The molecule has 2 heterocycles. The van der Waals surface area contributed by atoms with E-state index in [9.17, 15) is 9.59 Å². The molecule has 2 aromatic rings. The van der Waals surface area contributed by atoms with Crippen LogP contribution in [0.5, 0.6) is 17.2 Å². The van der Waals surface area contributed by atoms with Gasteiger partial charge in [0.1, 0.15) is 23.4 Å². The molecule has 2 aliphatic heterocycles. The minimum Gasteiger partial charge on any atom is -0.487 e. The van der Waals surface area contributed by atoms with Crippen molar-refractivity contribution in [1.29, 1.82) is 0 Å². The van der Waals surface area contributed by atoms with E-state index in [0.717, 1.165) is 58.9 Å². The van der Waals surface area contributed by atoms with Gasteiger partial charge in [0.2, 0.25) is 11.8 Å². The third-order valence-electron chi connectivity index (χ3n) is 8.22. The summed E-state index contributed by atoms with van der Waals surface area (Å²) >= 11 is 0. The molecular weight excluding hydrogens is 476 g/mol. The Balaban J connectivity index is 1.11. The fraction of sp³-hybridized carbons (Fsp3) is 0.562. The molecule has 1 aliphatic carbocycles. The average Bonchev–Trinajstić information content (AvgIpc) is 3.43. The number of benzene rings is 2. The van der Waals surface area contributed by atoms with Gasteiger partial charge in [-0.3, -0.25) is 9.59 Å². The van der Waals surface area contributed by atoms with E-state index in [1.54, 1.807) is 0 Å². The van der Waals surface area contributed by atoms with Crippen LogP contribution in [0.25, 0.3) is 0 Å². The third-order valence-corrected chi connectivity index (χ3v) is 8.22. The van der Waals surface area contributed by atoms with Crippen LogP contribution in [0.15, 0.2) is 30.3 Å². The summed E-state index contributed by atoms with van der Waals surface area (Å²) in [7, 11) is 0. The van der Waals surface area contributed by atoms with Crippen molar-refractivity contribution in [3.8, 4) is 17.2 Å². The smallest absolute Gasteiger partial charge is 0.224 e. The van der Waals surface area contributed by atoms with Crippen LogP contribution < -0.4 is 20.1 Å². The number of rotatable bonds is 14. The van der Waals surface area contributed by atoms with Gasteiger partial charge in [-0.1, -0.05) is 71.3 Å². The van der Waals surface area contributed by atoms with Crippen molar-refractivity contribution in [3.63, 3.8) is 0 Å². The van der Waals surface area contributed by atoms with Gasteiger partial charge in [0, 0.05) is 24.0 Å². The second kappa shape index (κ2) is 12.2. The van der Waals surface area contributed by atoms with Crippen molar-refractivity contribution >= 4 is 17.5 Å². The van der Waals surface area contributed by atoms with Crippen LogP contribution in [-0.4, -0.2) is 24.0 Å². The first-order valence-electron chi connectivity index (χ1n) is 14.8. The van der Waals surface area contributed by atoms with Gasteiger partial charge >= 0.3 is 0 Å². The Morgan fingerprint density at radius 1 is 1.00 bits per heavy atom.